The molecule has 14 heavy (non-hydrogen) atoms. The van der Waals surface area contributed by atoms with Gasteiger partial charge in [0.15, 0.2) is 0 Å². The number of pyridine rings is 1. The van der Waals surface area contributed by atoms with Crippen molar-refractivity contribution < 1.29 is 4.74 Å². The fourth-order valence-corrected chi connectivity index (χ4v) is 1.91. The first-order chi connectivity index (χ1) is 6.92. The molecule has 1 aliphatic heterocycles. The van der Waals surface area contributed by atoms with E-state index in [0.717, 1.165) is 18.6 Å². The number of rotatable bonds is 2. The highest BCUT2D eigenvalue weighted by Gasteiger charge is 2.18. The molecule has 0 aromatic carbocycles. The Bertz CT molecular complexity index is 295. The van der Waals surface area contributed by atoms with Crippen LogP contribution in [0.4, 0.5) is 0 Å². The SMILES string of the molecule is NCc1cnccc1C1CCCCO1. The van der Waals surface area contributed by atoms with Gasteiger partial charge in [-0.3, -0.25) is 4.98 Å². The van der Waals surface area contributed by atoms with Crippen LogP contribution in [-0.4, -0.2) is 11.6 Å². The van der Waals surface area contributed by atoms with E-state index in [9.17, 15) is 0 Å². The Kier molecular flexibility index (Phi) is 3.11. The standard InChI is InChI=1S/C11H16N2O/c12-7-9-8-13-5-4-10(9)11-3-1-2-6-14-11/h4-5,8,11H,1-3,6-7,12H2. The zero-order chi connectivity index (χ0) is 9.80. The van der Waals surface area contributed by atoms with Crippen LogP contribution in [-0.2, 0) is 11.3 Å². The van der Waals surface area contributed by atoms with Crippen molar-refractivity contribution in [2.24, 2.45) is 5.73 Å². The van der Waals surface area contributed by atoms with Gasteiger partial charge in [-0.1, -0.05) is 0 Å². The van der Waals surface area contributed by atoms with Crippen molar-refractivity contribution in [1.29, 1.82) is 0 Å². The summed E-state index contributed by atoms with van der Waals surface area (Å²) in [6, 6.07) is 2.03. The van der Waals surface area contributed by atoms with Crippen molar-refractivity contribution >= 4 is 0 Å². The second-order valence-electron chi connectivity index (χ2n) is 3.63. The minimum absolute atomic E-state index is 0.241. The summed E-state index contributed by atoms with van der Waals surface area (Å²) >= 11 is 0. The van der Waals surface area contributed by atoms with Gasteiger partial charge in [-0.2, -0.15) is 0 Å². The zero-order valence-corrected chi connectivity index (χ0v) is 8.28. The van der Waals surface area contributed by atoms with Gasteiger partial charge in [0.2, 0.25) is 0 Å². The maximum absolute atomic E-state index is 5.72. The van der Waals surface area contributed by atoms with E-state index in [2.05, 4.69) is 4.98 Å². The summed E-state index contributed by atoms with van der Waals surface area (Å²) in [5, 5.41) is 0. The summed E-state index contributed by atoms with van der Waals surface area (Å²) < 4.78 is 5.72. The molecule has 2 heterocycles. The quantitative estimate of drug-likeness (QED) is 0.777. The van der Waals surface area contributed by atoms with Crippen molar-refractivity contribution in [1.82, 2.24) is 4.98 Å². The van der Waals surface area contributed by atoms with Crippen molar-refractivity contribution in [2.75, 3.05) is 6.61 Å². The molecule has 0 aliphatic carbocycles. The average Bonchev–Trinajstić information content (AvgIpc) is 2.30. The lowest BCUT2D eigenvalue weighted by Crippen LogP contribution is -2.14. The van der Waals surface area contributed by atoms with Crippen LogP contribution < -0.4 is 5.73 Å². The molecule has 3 heteroatoms. The molecule has 1 aliphatic rings. The molecule has 2 N–H and O–H groups in total. The predicted molar refractivity (Wildman–Crippen MR) is 54.7 cm³/mol. The number of nitrogens with zero attached hydrogens (tertiary/aromatic N) is 1. The highest BCUT2D eigenvalue weighted by molar-refractivity contribution is 5.25. The van der Waals surface area contributed by atoms with Gasteiger partial charge in [0.25, 0.3) is 0 Å². The maximum Gasteiger partial charge on any atom is 0.0829 e. The highest BCUT2D eigenvalue weighted by atomic mass is 16.5. The van der Waals surface area contributed by atoms with E-state index in [4.69, 9.17) is 10.5 Å². The molecule has 0 saturated carbocycles. The first-order valence-corrected chi connectivity index (χ1v) is 5.16. The maximum atomic E-state index is 5.72. The van der Waals surface area contributed by atoms with Crippen molar-refractivity contribution in [3.05, 3.63) is 29.6 Å². The van der Waals surface area contributed by atoms with Gasteiger partial charge in [-0.25, -0.2) is 0 Å². The van der Waals surface area contributed by atoms with Crippen LogP contribution in [0.2, 0.25) is 0 Å². The molecule has 0 spiro atoms. The third kappa shape index (κ3) is 1.94. The molecule has 76 valence electrons. The second kappa shape index (κ2) is 4.53. The number of aromatic nitrogens is 1. The molecule has 0 radical (unpaired) electrons. The van der Waals surface area contributed by atoms with Crippen LogP contribution in [0.25, 0.3) is 0 Å². The minimum atomic E-state index is 0.241. The van der Waals surface area contributed by atoms with E-state index in [1.165, 1.54) is 18.4 Å². The van der Waals surface area contributed by atoms with Gasteiger partial charge in [-0.15, -0.1) is 0 Å². The third-order valence-electron chi connectivity index (χ3n) is 2.69. The van der Waals surface area contributed by atoms with Crippen LogP contribution in [0.3, 0.4) is 0 Å². The predicted octanol–water partition coefficient (Wildman–Crippen LogP) is 1.78. The second-order valence-corrected chi connectivity index (χ2v) is 3.63. The normalized spacial score (nSPS) is 22.2. The molecular formula is C11H16N2O. The lowest BCUT2D eigenvalue weighted by molar-refractivity contribution is 0.0144. The fraction of sp³-hybridized carbons (Fsp3) is 0.545. The number of hydrogen-bond donors (Lipinski definition) is 1. The molecule has 1 atom stereocenters. The summed E-state index contributed by atoms with van der Waals surface area (Å²) in [5.41, 5.74) is 8.00. The van der Waals surface area contributed by atoms with Gasteiger partial charge in [0.05, 0.1) is 6.10 Å². The summed E-state index contributed by atoms with van der Waals surface area (Å²) in [6.07, 6.45) is 7.43. The van der Waals surface area contributed by atoms with Crippen molar-refractivity contribution in [3.8, 4) is 0 Å². The smallest absolute Gasteiger partial charge is 0.0829 e. The van der Waals surface area contributed by atoms with E-state index in [0.29, 0.717) is 6.54 Å². The summed E-state index contributed by atoms with van der Waals surface area (Å²) in [4.78, 5) is 4.08. The Morgan fingerprint density at radius 1 is 1.50 bits per heavy atom. The van der Waals surface area contributed by atoms with Crippen LogP contribution in [0.1, 0.15) is 36.5 Å². The van der Waals surface area contributed by atoms with Gasteiger partial charge in [-0.05, 0) is 36.5 Å². The lowest BCUT2D eigenvalue weighted by Gasteiger charge is -2.24. The van der Waals surface area contributed by atoms with Crippen LogP contribution in [0, 0.1) is 0 Å². The van der Waals surface area contributed by atoms with E-state index in [1.54, 1.807) is 0 Å². The lowest BCUT2D eigenvalue weighted by atomic mass is 9.98. The van der Waals surface area contributed by atoms with Crippen molar-refractivity contribution in [2.45, 2.75) is 31.9 Å². The Morgan fingerprint density at radius 3 is 3.14 bits per heavy atom. The van der Waals surface area contributed by atoms with Gasteiger partial charge in [0, 0.05) is 25.5 Å². The summed E-state index contributed by atoms with van der Waals surface area (Å²) in [6.45, 7) is 1.42. The van der Waals surface area contributed by atoms with Crippen molar-refractivity contribution in [3.63, 3.8) is 0 Å². The highest BCUT2D eigenvalue weighted by Crippen LogP contribution is 2.29. The van der Waals surface area contributed by atoms with E-state index in [1.807, 2.05) is 18.5 Å². The fourth-order valence-electron chi connectivity index (χ4n) is 1.91. The van der Waals surface area contributed by atoms with Gasteiger partial charge in [0.1, 0.15) is 0 Å². The van der Waals surface area contributed by atoms with Crippen LogP contribution in [0.15, 0.2) is 18.5 Å². The first kappa shape index (κ1) is 9.62. The van der Waals surface area contributed by atoms with Gasteiger partial charge < -0.3 is 10.5 Å². The molecular weight excluding hydrogens is 176 g/mol. The monoisotopic (exact) mass is 192 g/mol. The Morgan fingerprint density at radius 2 is 2.43 bits per heavy atom. The molecule has 1 aromatic rings. The molecule has 1 aromatic heterocycles. The number of nitrogens with two attached hydrogens (primary N) is 1. The van der Waals surface area contributed by atoms with Crippen LogP contribution in [0.5, 0.6) is 0 Å². The zero-order valence-electron chi connectivity index (χ0n) is 8.28. The van der Waals surface area contributed by atoms with E-state index in [-0.39, 0.29) is 6.10 Å². The topological polar surface area (TPSA) is 48.1 Å². The van der Waals surface area contributed by atoms with E-state index < -0.39 is 0 Å². The Balaban J connectivity index is 2.20. The van der Waals surface area contributed by atoms with E-state index >= 15 is 0 Å². The summed E-state index contributed by atoms with van der Waals surface area (Å²) in [5.74, 6) is 0. The minimum Gasteiger partial charge on any atom is -0.374 e. The molecule has 0 amide bonds. The third-order valence-corrected chi connectivity index (χ3v) is 2.69. The van der Waals surface area contributed by atoms with Crippen LogP contribution >= 0.6 is 0 Å². The molecule has 1 saturated heterocycles. The largest absolute Gasteiger partial charge is 0.374 e. The molecule has 2 rings (SSSR count). The van der Waals surface area contributed by atoms with Gasteiger partial charge >= 0.3 is 0 Å². The molecule has 0 bridgehead atoms. The molecule has 3 nitrogen and oxygen atoms in total. The molecule has 1 fully saturated rings. The summed E-state index contributed by atoms with van der Waals surface area (Å²) in [7, 11) is 0. The Labute approximate surface area is 84.3 Å². The number of hydrogen-bond acceptors (Lipinski definition) is 3. The first-order valence-electron chi connectivity index (χ1n) is 5.16. The average molecular weight is 192 g/mol. The molecule has 1 unspecified atom stereocenters. The Hall–Kier alpha value is -0.930. The number of ether oxygens (including phenoxy) is 1.